The smallest absolute Gasteiger partial charge is 0.255 e. The van der Waals surface area contributed by atoms with E-state index in [0.717, 1.165) is 16.7 Å². The summed E-state index contributed by atoms with van der Waals surface area (Å²) in [5.74, 6) is 0.0635. The molecule has 0 saturated carbocycles. The molecule has 32 heavy (non-hydrogen) atoms. The van der Waals surface area contributed by atoms with Gasteiger partial charge in [0.15, 0.2) is 0 Å². The lowest BCUT2D eigenvalue weighted by molar-refractivity contribution is 0.102. The highest BCUT2D eigenvalue weighted by Crippen LogP contribution is 2.23. The van der Waals surface area contributed by atoms with E-state index >= 15 is 0 Å². The minimum Gasteiger partial charge on any atom is -0.396 e. The summed E-state index contributed by atoms with van der Waals surface area (Å²) in [6.45, 7) is 1.06. The number of aromatic nitrogens is 1. The van der Waals surface area contributed by atoms with Gasteiger partial charge in [0, 0.05) is 16.8 Å². The zero-order chi connectivity index (χ0) is 22.3. The van der Waals surface area contributed by atoms with E-state index in [9.17, 15) is 4.79 Å². The van der Waals surface area contributed by atoms with Crippen LogP contribution in [-0.2, 0) is 18.0 Å². The summed E-state index contributed by atoms with van der Waals surface area (Å²) in [7, 11) is 0. The van der Waals surface area contributed by atoms with Crippen LogP contribution in [0, 0.1) is 0 Å². The van der Waals surface area contributed by atoms with Crippen molar-refractivity contribution in [1.29, 1.82) is 0 Å². The van der Waals surface area contributed by atoms with Gasteiger partial charge in [-0.3, -0.25) is 4.79 Å². The summed E-state index contributed by atoms with van der Waals surface area (Å²) in [5.41, 5.74) is 16.8. The van der Waals surface area contributed by atoms with Crippen LogP contribution in [0.4, 0.5) is 17.2 Å². The number of benzene rings is 3. The van der Waals surface area contributed by atoms with Gasteiger partial charge in [-0.05, 0) is 47.5 Å². The SMILES string of the molecule is Nc1ccc(-c2cccc(C(=O)Nc3ccc(COCc4ccccc4)cc3)c2)nc1N. The molecule has 0 radical (unpaired) electrons. The van der Waals surface area contributed by atoms with Gasteiger partial charge in [-0.25, -0.2) is 4.98 Å². The number of nitrogens with two attached hydrogens (primary N) is 2. The number of nitrogens with zero attached hydrogens (tertiary/aromatic N) is 1. The molecule has 0 saturated heterocycles. The lowest BCUT2D eigenvalue weighted by Gasteiger charge is -2.09. The Balaban J connectivity index is 1.37. The average molecular weight is 425 g/mol. The van der Waals surface area contributed by atoms with Gasteiger partial charge >= 0.3 is 0 Å². The average Bonchev–Trinajstić information content (AvgIpc) is 2.83. The number of pyridine rings is 1. The van der Waals surface area contributed by atoms with E-state index in [2.05, 4.69) is 10.3 Å². The molecule has 160 valence electrons. The molecule has 6 heteroatoms. The Morgan fingerprint density at radius 2 is 1.53 bits per heavy atom. The number of nitrogens with one attached hydrogen (secondary N) is 1. The summed E-state index contributed by atoms with van der Waals surface area (Å²) >= 11 is 0. The second-order valence-electron chi connectivity index (χ2n) is 7.38. The Morgan fingerprint density at radius 3 is 2.25 bits per heavy atom. The van der Waals surface area contributed by atoms with Crippen LogP contribution in [0.3, 0.4) is 0 Å². The van der Waals surface area contributed by atoms with Crippen molar-refractivity contribution in [3.05, 3.63) is 108 Å². The maximum absolute atomic E-state index is 12.7. The Kier molecular flexibility index (Phi) is 6.43. The van der Waals surface area contributed by atoms with Crippen LogP contribution in [0.2, 0.25) is 0 Å². The van der Waals surface area contributed by atoms with Crippen molar-refractivity contribution in [2.75, 3.05) is 16.8 Å². The van der Waals surface area contributed by atoms with Crippen LogP contribution >= 0.6 is 0 Å². The third-order valence-electron chi connectivity index (χ3n) is 4.97. The van der Waals surface area contributed by atoms with E-state index in [0.29, 0.717) is 35.8 Å². The number of amides is 1. The largest absolute Gasteiger partial charge is 0.396 e. The molecule has 0 aliphatic carbocycles. The first-order chi connectivity index (χ1) is 15.6. The van der Waals surface area contributed by atoms with Crippen molar-refractivity contribution in [2.45, 2.75) is 13.2 Å². The third kappa shape index (κ3) is 5.30. The lowest BCUT2D eigenvalue weighted by atomic mass is 10.1. The van der Waals surface area contributed by atoms with E-state index in [-0.39, 0.29) is 11.7 Å². The van der Waals surface area contributed by atoms with E-state index in [1.807, 2.05) is 66.7 Å². The van der Waals surface area contributed by atoms with Gasteiger partial charge in [0.05, 0.1) is 24.6 Å². The van der Waals surface area contributed by atoms with Crippen molar-refractivity contribution in [3.63, 3.8) is 0 Å². The highest BCUT2D eigenvalue weighted by molar-refractivity contribution is 6.04. The first-order valence-corrected chi connectivity index (χ1v) is 10.2. The quantitative estimate of drug-likeness (QED) is 0.392. The molecule has 0 aliphatic heterocycles. The fourth-order valence-corrected chi connectivity index (χ4v) is 3.21. The predicted molar refractivity (Wildman–Crippen MR) is 128 cm³/mol. The maximum Gasteiger partial charge on any atom is 0.255 e. The molecule has 0 atom stereocenters. The second-order valence-corrected chi connectivity index (χ2v) is 7.38. The molecule has 0 aliphatic rings. The Hall–Kier alpha value is -4.16. The van der Waals surface area contributed by atoms with Crippen molar-refractivity contribution < 1.29 is 9.53 Å². The molecule has 1 heterocycles. The summed E-state index contributed by atoms with van der Waals surface area (Å²) in [5, 5.41) is 2.92. The zero-order valence-corrected chi connectivity index (χ0v) is 17.5. The van der Waals surface area contributed by atoms with Gasteiger partial charge in [-0.15, -0.1) is 0 Å². The monoisotopic (exact) mass is 424 g/mol. The van der Waals surface area contributed by atoms with Crippen molar-refractivity contribution >= 4 is 23.1 Å². The van der Waals surface area contributed by atoms with Crippen molar-refractivity contribution in [2.24, 2.45) is 0 Å². The van der Waals surface area contributed by atoms with Crippen LogP contribution in [0.15, 0.2) is 91.0 Å². The van der Waals surface area contributed by atoms with Crippen LogP contribution < -0.4 is 16.8 Å². The molecule has 0 unspecified atom stereocenters. The van der Waals surface area contributed by atoms with E-state index in [1.54, 1.807) is 24.3 Å². The van der Waals surface area contributed by atoms with Crippen LogP contribution in [0.25, 0.3) is 11.3 Å². The van der Waals surface area contributed by atoms with Gasteiger partial charge in [-0.2, -0.15) is 0 Å². The molecular formula is C26H24N4O2. The van der Waals surface area contributed by atoms with Crippen molar-refractivity contribution in [1.82, 2.24) is 4.98 Å². The van der Waals surface area contributed by atoms with Gasteiger partial charge < -0.3 is 21.5 Å². The Labute approximate surface area is 186 Å². The van der Waals surface area contributed by atoms with E-state index in [1.165, 1.54) is 0 Å². The third-order valence-corrected chi connectivity index (χ3v) is 4.97. The number of carbonyl (C=O) groups excluding carboxylic acids is 1. The Bertz CT molecular complexity index is 1210. The standard InChI is InChI=1S/C26H24N4O2/c27-23-13-14-24(30-25(23)28)20-7-4-8-21(15-20)26(31)29-22-11-9-19(10-12-22)17-32-16-18-5-2-1-3-6-18/h1-15H,16-17,27H2,(H2,28,30)(H,29,31). The molecule has 4 aromatic rings. The summed E-state index contributed by atoms with van der Waals surface area (Å²) in [4.78, 5) is 17.0. The first kappa shape index (κ1) is 21.1. The number of ether oxygens (including phenoxy) is 1. The van der Waals surface area contributed by atoms with Crippen LogP contribution in [0.5, 0.6) is 0 Å². The molecule has 5 N–H and O–H groups in total. The van der Waals surface area contributed by atoms with Gasteiger partial charge in [0.1, 0.15) is 5.82 Å². The fourth-order valence-electron chi connectivity index (χ4n) is 3.21. The maximum atomic E-state index is 12.7. The van der Waals surface area contributed by atoms with E-state index < -0.39 is 0 Å². The minimum absolute atomic E-state index is 0.205. The normalized spacial score (nSPS) is 10.6. The number of rotatable bonds is 7. The predicted octanol–water partition coefficient (Wildman–Crippen LogP) is 4.88. The summed E-state index contributed by atoms with van der Waals surface area (Å²) in [6, 6.07) is 28.4. The van der Waals surface area contributed by atoms with Gasteiger partial charge in [-0.1, -0.05) is 54.6 Å². The van der Waals surface area contributed by atoms with Crippen molar-refractivity contribution in [3.8, 4) is 11.3 Å². The topological polar surface area (TPSA) is 103 Å². The Morgan fingerprint density at radius 1 is 0.812 bits per heavy atom. The highest BCUT2D eigenvalue weighted by atomic mass is 16.5. The molecule has 4 rings (SSSR count). The molecule has 0 spiro atoms. The molecule has 3 aromatic carbocycles. The molecule has 6 nitrogen and oxygen atoms in total. The van der Waals surface area contributed by atoms with Crippen LogP contribution in [-0.4, -0.2) is 10.9 Å². The second kappa shape index (κ2) is 9.76. The summed E-state index contributed by atoms with van der Waals surface area (Å²) < 4.78 is 5.76. The minimum atomic E-state index is -0.205. The molecule has 1 amide bonds. The molecule has 0 bridgehead atoms. The first-order valence-electron chi connectivity index (χ1n) is 10.2. The number of hydrogen-bond acceptors (Lipinski definition) is 5. The van der Waals surface area contributed by atoms with E-state index in [4.69, 9.17) is 16.2 Å². The van der Waals surface area contributed by atoms with Crippen LogP contribution in [0.1, 0.15) is 21.5 Å². The highest BCUT2D eigenvalue weighted by Gasteiger charge is 2.09. The van der Waals surface area contributed by atoms with Gasteiger partial charge in [0.25, 0.3) is 5.91 Å². The number of anilines is 3. The number of carbonyl (C=O) groups is 1. The zero-order valence-electron chi connectivity index (χ0n) is 17.5. The molecule has 1 aromatic heterocycles. The molecule has 0 fully saturated rings. The van der Waals surface area contributed by atoms with Gasteiger partial charge in [0.2, 0.25) is 0 Å². The number of hydrogen-bond donors (Lipinski definition) is 3. The summed E-state index contributed by atoms with van der Waals surface area (Å²) in [6.07, 6.45) is 0. The lowest BCUT2D eigenvalue weighted by Crippen LogP contribution is -2.12. The fraction of sp³-hybridized carbons (Fsp3) is 0.0769. The molecular weight excluding hydrogens is 400 g/mol. The number of nitrogen functional groups attached to an aromatic ring is 2.